The molecule has 1 aliphatic heterocycles. The molecule has 1 aromatic carbocycles. The number of hydrogen-bond acceptors (Lipinski definition) is 3. The Hall–Kier alpha value is -2.36. The van der Waals surface area contributed by atoms with E-state index in [0.717, 1.165) is 37.9 Å². The van der Waals surface area contributed by atoms with E-state index in [1.54, 1.807) is 6.20 Å². The Morgan fingerprint density at radius 3 is 2.80 bits per heavy atom. The number of rotatable bonds is 3. The van der Waals surface area contributed by atoms with Crippen LogP contribution in [0.25, 0.3) is 0 Å². The van der Waals surface area contributed by atoms with Gasteiger partial charge in [0.2, 0.25) is 0 Å². The van der Waals surface area contributed by atoms with Crippen molar-refractivity contribution >= 4 is 17.3 Å². The van der Waals surface area contributed by atoms with Crippen molar-refractivity contribution in [1.29, 1.82) is 0 Å². The largest absolute Gasteiger partial charge is 0.348 e. The van der Waals surface area contributed by atoms with Gasteiger partial charge in [-0.1, -0.05) is 37.5 Å². The molecule has 1 fully saturated rings. The molecule has 1 aromatic heterocycles. The van der Waals surface area contributed by atoms with Crippen LogP contribution >= 0.6 is 0 Å². The Bertz CT molecular complexity index is 752. The molecule has 1 aliphatic carbocycles. The minimum atomic E-state index is -0.0426. The molecule has 0 saturated heterocycles. The molecule has 2 heterocycles. The molecule has 1 saturated carbocycles. The lowest BCUT2D eigenvalue weighted by Crippen LogP contribution is -2.36. The summed E-state index contributed by atoms with van der Waals surface area (Å²) < 4.78 is 0. The highest BCUT2D eigenvalue weighted by atomic mass is 16.1. The monoisotopic (exact) mass is 335 g/mol. The third kappa shape index (κ3) is 3.53. The van der Waals surface area contributed by atoms with E-state index in [9.17, 15) is 4.79 Å². The van der Waals surface area contributed by atoms with Crippen LogP contribution in [-0.2, 0) is 6.42 Å². The molecule has 4 heteroatoms. The maximum absolute atomic E-state index is 12.6. The molecule has 130 valence electrons. The van der Waals surface area contributed by atoms with Gasteiger partial charge >= 0.3 is 0 Å². The predicted molar refractivity (Wildman–Crippen MR) is 100 cm³/mol. The maximum Gasteiger partial charge on any atom is 0.270 e. The van der Waals surface area contributed by atoms with Crippen molar-refractivity contribution in [3.05, 3.63) is 53.9 Å². The molecule has 4 nitrogen and oxygen atoms in total. The van der Waals surface area contributed by atoms with Gasteiger partial charge in [0.1, 0.15) is 5.69 Å². The summed E-state index contributed by atoms with van der Waals surface area (Å²) >= 11 is 0. The van der Waals surface area contributed by atoms with Crippen LogP contribution in [0.2, 0.25) is 0 Å². The van der Waals surface area contributed by atoms with E-state index in [4.69, 9.17) is 0 Å². The number of anilines is 2. The van der Waals surface area contributed by atoms with Gasteiger partial charge in [0.05, 0.1) is 0 Å². The minimum absolute atomic E-state index is 0.0426. The summed E-state index contributed by atoms with van der Waals surface area (Å²) in [7, 11) is 0. The average molecular weight is 335 g/mol. The summed E-state index contributed by atoms with van der Waals surface area (Å²) in [6, 6.07) is 12.8. The quantitative estimate of drug-likeness (QED) is 0.913. The van der Waals surface area contributed by atoms with Gasteiger partial charge in [0.25, 0.3) is 5.91 Å². The molecule has 0 spiro atoms. The highest BCUT2D eigenvalue weighted by Gasteiger charge is 2.21. The number of hydrogen-bond donors (Lipinski definition) is 1. The number of para-hydroxylation sites is 1. The first-order valence-corrected chi connectivity index (χ1v) is 9.43. The zero-order valence-electron chi connectivity index (χ0n) is 14.6. The fourth-order valence-corrected chi connectivity index (χ4v) is 4.02. The molecule has 0 bridgehead atoms. The maximum atomic E-state index is 12.6. The third-order valence-corrected chi connectivity index (χ3v) is 5.34. The highest BCUT2D eigenvalue weighted by molar-refractivity contribution is 5.93. The Morgan fingerprint density at radius 2 is 1.92 bits per heavy atom. The van der Waals surface area contributed by atoms with Crippen molar-refractivity contribution < 1.29 is 4.79 Å². The van der Waals surface area contributed by atoms with Gasteiger partial charge in [-0.25, -0.2) is 0 Å². The Kier molecular flexibility index (Phi) is 4.68. The van der Waals surface area contributed by atoms with E-state index in [1.807, 2.05) is 12.1 Å². The minimum Gasteiger partial charge on any atom is -0.348 e. The average Bonchev–Trinajstić information content (AvgIpc) is 2.68. The molecule has 4 rings (SSSR count). The predicted octanol–water partition coefficient (Wildman–Crippen LogP) is 4.23. The van der Waals surface area contributed by atoms with Gasteiger partial charge in [-0.2, -0.15) is 0 Å². The molecule has 1 N–H and O–H groups in total. The summed E-state index contributed by atoms with van der Waals surface area (Å²) in [5.41, 5.74) is 4.19. The highest BCUT2D eigenvalue weighted by Crippen LogP contribution is 2.33. The van der Waals surface area contributed by atoms with Crippen molar-refractivity contribution in [3.63, 3.8) is 0 Å². The van der Waals surface area contributed by atoms with Crippen LogP contribution in [0.15, 0.2) is 42.6 Å². The number of aryl methyl sites for hydroxylation is 1. The van der Waals surface area contributed by atoms with Gasteiger partial charge < -0.3 is 10.2 Å². The SMILES string of the molecule is O=C(NC1CCCCC1)c1cc(N2CCCc3ccccc32)ccn1. The molecular weight excluding hydrogens is 310 g/mol. The number of amides is 1. The molecular formula is C21H25N3O. The standard InChI is InChI=1S/C21H25N3O/c25-21(23-17-9-2-1-3-10-17)19-15-18(12-13-22-19)24-14-6-8-16-7-4-5-11-20(16)24/h4-5,7,11-13,15,17H,1-3,6,8-10,14H2,(H,23,25). The van der Waals surface area contributed by atoms with E-state index >= 15 is 0 Å². The second-order valence-corrected chi connectivity index (χ2v) is 7.09. The Labute approximate surface area is 149 Å². The fourth-order valence-electron chi connectivity index (χ4n) is 4.02. The lowest BCUT2D eigenvalue weighted by atomic mass is 9.95. The van der Waals surface area contributed by atoms with Crippen molar-refractivity contribution in [2.24, 2.45) is 0 Å². The van der Waals surface area contributed by atoms with Crippen molar-refractivity contribution in [3.8, 4) is 0 Å². The van der Waals surface area contributed by atoms with E-state index in [2.05, 4.69) is 39.5 Å². The number of pyridine rings is 1. The van der Waals surface area contributed by atoms with E-state index in [1.165, 1.54) is 30.5 Å². The van der Waals surface area contributed by atoms with Gasteiger partial charge in [-0.3, -0.25) is 9.78 Å². The number of nitrogens with zero attached hydrogens (tertiary/aromatic N) is 2. The number of fused-ring (bicyclic) bond motifs is 1. The number of carbonyl (C=O) groups excluding carboxylic acids is 1. The van der Waals surface area contributed by atoms with Gasteiger partial charge in [0, 0.05) is 30.2 Å². The van der Waals surface area contributed by atoms with Crippen molar-refractivity contribution in [2.75, 3.05) is 11.4 Å². The van der Waals surface area contributed by atoms with Crippen molar-refractivity contribution in [2.45, 2.75) is 51.0 Å². The topological polar surface area (TPSA) is 45.2 Å². The molecule has 2 aliphatic rings. The molecule has 0 unspecified atom stereocenters. The zero-order chi connectivity index (χ0) is 17.1. The molecule has 0 radical (unpaired) electrons. The van der Waals surface area contributed by atoms with Gasteiger partial charge in [0.15, 0.2) is 0 Å². The van der Waals surface area contributed by atoms with Gasteiger partial charge in [-0.15, -0.1) is 0 Å². The van der Waals surface area contributed by atoms with Crippen LogP contribution in [0.5, 0.6) is 0 Å². The normalized spacial score (nSPS) is 17.8. The first-order valence-electron chi connectivity index (χ1n) is 9.43. The summed E-state index contributed by atoms with van der Waals surface area (Å²) in [5, 5.41) is 3.16. The van der Waals surface area contributed by atoms with Crippen LogP contribution in [-0.4, -0.2) is 23.5 Å². The first kappa shape index (κ1) is 16.1. The smallest absolute Gasteiger partial charge is 0.270 e. The Balaban J connectivity index is 1.55. The summed E-state index contributed by atoms with van der Waals surface area (Å²) in [4.78, 5) is 19.2. The van der Waals surface area contributed by atoms with Crippen LogP contribution in [0.3, 0.4) is 0 Å². The number of nitrogens with one attached hydrogen (secondary N) is 1. The molecule has 2 aromatic rings. The first-order chi connectivity index (χ1) is 12.3. The third-order valence-electron chi connectivity index (χ3n) is 5.34. The second-order valence-electron chi connectivity index (χ2n) is 7.09. The van der Waals surface area contributed by atoms with E-state index in [0.29, 0.717) is 11.7 Å². The summed E-state index contributed by atoms with van der Waals surface area (Å²) in [6.45, 7) is 0.977. The summed E-state index contributed by atoms with van der Waals surface area (Å²) in [5.74, 6) is -0.0426. The molecule has 1 amide bonds. The number of benzene rings is 1. The lowest BCUT2D eigenvalue weighted by molar-refractivity contribution is 0.0922. The number of carbonyl (C=O) groups is 1. The second kappa shape index (κ2) is 7.26. The number of aromatic nitrogens is 1. The van der Waals surface area contributed by atoms with Crippen LogP contribution < -0.4 is 10.2 Å². The van der Waals surface area contributed by atoms with E-state index in [-0.39, 0.29) is 5.91 Å². The Morgan fingerprint density at radius 1 is 1.08 bits per heavy atom. The van der Waals surface area contributed by atoms with Crippen LogP contribution in [0.1, 0.15) is 54.6 Å². The molecule has 25 heavy (non-hydrogen) atoms. The van der Waals surface area contributed by atoms with Crippen LogP contribution in [0.4, 0.5) is 11.4 Å². The zero-order valence-corrected chi connectivity index (χ0v) is 14.6. The summed E-state index contributed by atoms with van der Waals surface area (Å²) in [6.07, 6.45) is 9.88. The van der Waals surface area contributed by atoms with Crippen LogP contribution in [0, 0.1) is 0 Å². The van der Waals surface area contributed by atoms with Crippen molar-refractivity contribution in [1.82, 2.24) is 10.3 Å². The fraction of sp³-hybridized carbons (Fsp3) is 0.429. The lowest BCUT2D eigenvalue weighted by Gasteiger charge is -2.31. The molecule has 0 atom stereocenters. The van der Waals surface area contributed by atoms with E-state index < -0.39 is 0 Å². The van der Waals surface area contributed by atoms with Gasteiger partial charge in [-0.05, 0) is 49.4 Å².